The maximum atomic E-state index is 11.2. The lowest BCUT2D eigenvalue weighted by Gasteiger charge is -2.01. The van der Waals surface area contributed by atoms with E-state index in [2.05, 4.69) is 11.4 Å². The van der Waals surface area contributed by atoms with E-state index in [1.807, 2.05) is 0 Å². The maximum absolute atomic E-state index is 11.2. The third-order valence-corrected chi connectivity index (χ3v) is 1.35. The van der Waals surface area contributed by atoms with Gasteiger partial charge in [0.1, 0.15) is 0 Å². The van der Waals surface area contributed by atoms with Crippen LogP contribution in [0.3, 0.4) is 0 Å². The Balaban J connectivity index is 2.54. The second-order valence-corrected chi connectivity index (χ2v) is 2.26. The first-order valence-electron chi connectivity index (χ1n) is 3.70. The summed E-state index contributed by atoms with van der Waals surface area (Å²) in [5.41, 5.74) is 0.492. The van der Waals surface area contributed by atoms with E-state index in [0.29, 0.717) is 5.56 Å². The van der Waals surface area contributed by atoms with E-state index in [1.54, 1.807) is 24.3 Å². The minimum atomic E-state index is -0.204. The predicted octanol–water partition coefficient (Wildman–Crippen LogP) is 0.209. The van der Waals surface area contributed by atoms with Crippen LogP contribution in [0.1, 0.15) is 10.4 Å². The molecular formula is C9H10NO2. The normalized spacial score (nSPS) is 9.42. The summed E-state index contributed by atoms with van der Waals surface area (Å²) in [6.07, 6.45) is 0. The monoisotopic (exact) mass is 164 g/mol. The molecule has 0 saturated carbocycles. The smallest absolute Gasteiger partial charge is 0.251 e. The quantitative estimate of drug-likeness (QED) is 0.671. The van der Waals surface area contributed by atoms with Crippen molar-refractivity contribution in [3.63, 3.8) is 0 Å². The van der Waals surface area contributed by atoms with Gasteiger partial charge in [0, 0.05) is 12.1 Å². The van der Waals surface area contributed by atoms with Gasteiger partial charge in [-0.05, 0) is 12.1 Å². The number of aliphatic hydroxyl groups excluding tert-OH is 1. The minimum absolute atomic E-state index is 0.0431. The van der Waals surface area contributed by atoms with Crippen LogP contribution < -0.4 is 5.32 Å². The van der Waals surface area contributed by atoms with Crippen LogP contribution in [0.2, 0.25) is 0 Å². The average Bonchev–Trinajstić information content (AvgIpc) is 2.15. The van der Waals surface area contributed by atoms with Crippen molar-refractivity contribution in [3.8, 4) is 0 Å². The summed E-state index contributed by atoms with van der Waals surface area (Å²) in [5.74, 6) is -0.204. The number of carbonyl (C=O) groups excluding carboxylic acids is 1. The summed E-state index contributed by atoms with van der Waals surface area (Å²) in [7, 11) is 0. The van der Waals surface area contributed by atoms with Crippen LogP contribution in [-0.4, -0.2) is 24.2 Å². The molecule has 0 aliphatic carbocycles. The van der Waals surface area contributed by atoms with Crippen molar-refractivity contribution in [2.45, 2.75) is 0 Å². The Morgan fingerprint density at radius 2 is 2.42 bits per heavy atom. The lowest BCUT2D eigenvalue weighted by atomic mass is 10.2. The summed E-state index contributed by atoms with van der Waals surface area (Å²) in [4.78, 5) is 11.2. The molecule has 0 bridgehead atoms. The van der Waals surface area contributed by atoms with Gasteiger partial charge in [0.2, 0.25) is 0 Å². The van der Waals surface area contributed by atoms with Crippen molar-refractivity contribution < 1.29 is 9.90 Å². The summed E-state index contributed by atoms with van der Waals surface area (Å²) in [5, 5.41) is 11.0. The van der Waals surface area contributed by atoms with E-state index < -0.39 is 0 Å². The molecule has 3 nitrogen and oxygen atoms in total. The Kier molecular flexibility index (Phi) is 3.29. The van der Waals surface area contributed by atoms with Crippen molar-refractivity contribution in [2.75, 3.05) is 13.2 Å². The van der Waals surface area contributed by atoms with Crippen LogP contribution in [0.4, 0.5) is 0 Å². The summed E-state index contributed by atoms with van der Waals surface area (Å²) < 4.78 is 0. The molecule has 0 aromatic heterocycles. The molecule has 63 valence electrons. The Morgan fingerprint density at radius 1 is 1.58 bits per heavy atom. The molecule has 0 aliphatic rings. The first-order valence-corrected chi connectivity index (χ1v) is 3.70. The molecule has 0 spiro atoms. The van der Waals surface area contributed by atoms with E-state index in [0.717, 1.165) is 0 Å². The zero-order valence-corrected chi connectivity index (χ0v) is 6.58. The Morgan fingerprint density at radius 3 is 3.00 bits per heavy atom. The summed E-state index contributed by atoms with van der Waals surface area (Å²) >= 11 is 0. The van der Waals surface area contributed by atoms with Crippen molar-refractivity contribution in [1.82, 2.24) is 5.32 Å². The lowest BCUT2D eigenvalue weighted by Crippen LogP contribution is -2.26. The van der Waals surface area contributed by atoms with Crippen LogP contribution >= 0.6 is 0 Å². The number of amides is 1. The van der Waals surface area contributed by atoms with Crippen molar-refractivity contribution in [3.05, 3.63) is 35.9 Å². The molecule has 1 aromatic carbocycles. The van der Waals surface area contributed by atoms with E-state index in [9.17, 15) is 4.79 Å². The largest absolute Gasteiger partial charge is 0.395 e. The van der Waals surface area contributed by atoms with E-state index in [1.165, 1.54) is 0 Å². The standard InChI is InChI=1S/C9H10NO2/c11-7-6-10-9(12)8-4-2-1-3-5-8/h1-4,11H,6-7H2,(H,10,12). The molecule has 0 atom stereocenters. The van der Waals surface area contributed by atoms with Gasteiger partial charge < -0.3 is 10.4 Å². The topological polar surface area (TPSA) is 49.3 Å². The molecular weight excluding hydrogens is 154 g/mol. The third kappa shape index (κ3) is 2.36. The average molecular weight is 164 g/mol. The maximum Gasteiger partial charge on any atom is 0.251 e. The number of aliphatic hydroxyl groups is 1. The zero-order valence-electron chi connectivity index (χ0n) is 6.58. The molecule has 0 aliphatic heterocycles. The molecule has 0 unspecified atom stereocenters. The molecule has 1 rings (SSSR count). The second-order valence-electron chi connectivity index (χ2n) is 2.26. The Hall–Kier alpha value is -1.35. The van der Waals surface area contributed by atoms with Crippen molar-refractivity contribution >= 4 is 5.91 Å². The van der Waals surface area contributed by atoms with Crippen LogP contribution in [0, 0.1) is 6.07 Å². The number of hydrogen-bond acceptors (Lipinski definition) is 2. The Bertz CT molecular complexity index is 246. The highest BCUT2D eigenvalue weighted by Crippen LogP contribution is 1.95. The SMILES string of the molecule is O=C(NCCO)c1[c]cccc1. The van der Waals surface area contributed by atoms with Crippen LogP contribution in [0.5, 0.6) is 0 Å². The van der Waals surface area contributed by atoms with E-state index in [4.69, 9.17) is 5.11 Å². The number of rotatable bonds is 3. The highest BCUT2D eigenvalue weighted by molar-refractivity contribution is 5.93. The van der Waals surface area contributed by atoms with Gasteiger partial charge in [0.25, 0.3) is 5.91 Å². The fraction of sp³-hybridized carbons (Fsp3) is 0.222. The number of nitrogens with one attached hydrogen (secondary N) is 1. The highest BCUT2D eigenvalue weighted by Gasteiger charge is 2.01. The second kappa shape index (κ2) is 4.51. The first kappa shape index (κ1) is 8.74. The molecule has 0 heterocycles. The number of carbonyl (C=O) groups is 1. The van der Waals surface area contributed by atoms with Gasteiger partial charge in [0.05, 0.1) is 6.61 Å². The van der Waals surface area contributed by atoms with Gasteiger partial charge in [0.15, 0.2) is 0 Å². The summed E-state index contributed by atoms with van der Waals surface area (Å²) in [6, 6.07) is 9.69. The predicted molar refractivity (Wildman–Crippen MR) is 44.7 cm³/mol. The number of hydrogen-bond donors (Lipinski definition) is 2. The Labute approximate surface area is 71.0 Å². The summed E-state index contributed by atoms with van der Waals surface area (Å²) in [6.45, 7) is 0.236. The third-order valence-electron chi connectivity index (χ3n) is 1.35. The van der Waals surface area contributed by atoms with Gasteiger partial charge >= 0.3 is 0 Å². The molecule has 1 radical (unpaired) electrons. The number of benzene rings is 1. The van der Waals surface area contributed by atoms with Crippen molar-refractivity contribution in [2.24, 2.45) is 0 Å². The molecule has 2 N–H and O–H groups in total. The first-order chi connectivity index (χ1) is 5.84. The van der Waals surface area contributed by atoms with Crippen LogP contribution in [-0.2, 0) is 0 Å². The highest BCUT2D eigenvalue weighted by atomic mass is 16.3. The van der Waals surface area contributed by atoms with Gasteiger partial charge in [-0.15, -0.1) is 0 Å². The fourth-order valence-electron chi connectivity index (χ4n) is 0.799. The molecule has 3 heteroatoms. The molecule has 1 aromatic rings. The lowest BCUT2D eigenvalue weighted by molar-refractivity contribution is 0.0944. The molecule has 12 heavy (non-hydrogen) atoms. The van der Waals surface area contributed by atoms with Gasteiger partial charge in [-0.25, -0.2) is 0 Å². The van der Waals surface area contributed by atoms with Crippen molar-refractivity contribution in [1.29, 1.82) is 0 Å². The van der Waals surface area contributed by atoms with E-state index >= 15 is 0 Å². The van der Waals surface area contributed by atoms with Crippen LogP contribution in [0.15, 0.2) is 24.3 Å². The molecule has 1 amide bonds. The van der Waals surface area contributed by atoms with Gasteiger partial charge in [-0.2, -0.15) is 0 Å². The van der Waals surface area contributed by atoms with Crippen LogP contribution in [0.25, 0.3) is 0 Å². The van der Waals surface area contributed by atoms with Gasteiger partial charge in [-0.3, -0.25) is 4.79 Å². The minimum Gasteiger partial charge on any atom is -0.395 e. The zero-order chi connectivity index (χ0) is 8.81. The molecule has 0 saturated heterocycles. The van der Waals surface area contributed by atoms with E-state index in [-0.39, 0.29) is 19.1 Å². The molecule has 0 fully saturated rings. The fourth-order valence-corrected chi connectivity index (χ4v) is 0.799. The van der Waals surface area contributed by atoms with Gasteiger partial charge in [-0.1, -0.05) is 18.2 Å².